The number of nitrogens with one attached hydrogen (secondary N) is 1. The fourth-order valence-corrected chi connectivity index (χ4v) is 3.40. The van der Waals surface area contributed by atoms with E-state index in [4.69, 9.17) is 14.7 Å². The molecule has 1 aliphatic carbocycles. The molecule has 1 fully saturated rings. The second-order valence-corrected chi connectivity index (χ2v) is 7.13. The van der Waals surface area contributed by atoms with E-state index in [9.17, 15) is 0 Å². The standard InChI is InChI=1S/C17H27N3O/c1-4-18-16-13-11-21-10-7-14(13)19-15(20-16)12-5-8-17(2,3)9-6-12/h12H,4-11H2,1-3H3,(H,18,19,20). The van der Waals surface area contributed by atoms with Crippen molar-refractivity contribution in [2.24, 2.45) is 5.41 Å². The predicted molar refractivity (Wildman–Crippen MR) is 84.5 cm³/mol. The van der Waals surface area contributed by atoms with Crippen LogP contribution in [-0.4, -0.2) is 23.1 Å². The third-order valence-electron chi connectivity index (χ3n) is 4.89. The van der Waals surface area contributed by atoms with Crippen LogP contribution in [0, 0.1) is 5.41 Å². The van der Waals surface area contributed by atoms with E-state index in [1.165, 1.54) is 36.9 Å². The first kappa shape index (κ1) is 14.8. The summed E-state index contributed by atoms with van der Waals surface area (Å²) in [6.45, 7) is 9.18. The van der Waals surface area contributed by atoms with Gasteiger partial charge in [0.2, 0.25) is 0 Å². The highest BCUT2D eigenvalue weighted by Gasteiger charge is 2.30. The van der Waals surface area contributed by atoms with Gasteiger partial charge in [-0.05, 0) is 38.0 Å². The van der Waals surface area contributed by atoms with E-state index in [0.29, 0.717) is 17.9 Å². The average molecular weight is 289 g/mol. The molecule has 1 N–H and O–H groups in total. The molecule has 2 heterocycles. The molecule has 1 aliphatic heterocycles. The fourth-order valence-electron chi connectivity index (χ4n) is 3.40. The second-order valence-electron chi connectivity index (χ2n) is 7.13. The zero-order valence-electron chi connectivity index (χ0n) is 13.5. The van der Waals surface area contributed by atoms with Gasteiger partial charge in [0.25, 0.3) is 0 Å². The van der Waals surface area contributed by atoms with Crippen molar-refractivity contribution < 1.29 is 4.74 Å². The summed E-state index contributed by atoms with van der Waals surface area (Å²) < 4.78 is 5.58. The summed E-state index contributed by atoms with van der Waals surface area (Å²) in [5.41, 5.74) is 2.86. The molecule has 0 aromatic carbocycles. The summed E-state index contributed by atoms with van der Waals surface area (Å²) in [7, 11) is 0. The summed E-state index contributed by atoms with van der Waals surface area (Å²) in [5, 5.41) is 3.40. The van der Waals surface area contributed by atoms with E-state index in [2.05, 4.69) is 26.1 Å². The largest absolute Gasteiger partial charge is 0.376 e. The lowest BCUT2D eigenvalue weighted by Gasteiger charge is -2.34. The van der Waals surface area contributed by atoms with Gasteiger partial charge >= 0.3 is 0 Å². The van der Waals surface area contributed by atoms with Gasteiger partial charge in [-0.2, -0.15) is 0 Å². The first-order valence-electron chi connectivity index (χ1n) is 8.30. The van der Waals surface area contributed by atoms with Gasteiger partial charge in [0.1, 0.15) is 11.6 Å². The highest BCUT2D eigenvalue weighted by Crippen LogP contribution is 2.42. The molecule has 0 spiro atoms. The number of aromatic nitrogens is 2. The first-order chi connectivity index (χ1) is 10.1. The molecule has 1 aromatic rings. The molecule has 0 bridgehead atoms. The van der Waals surface area contributed by atoms with E-state index in [0.717, 1.165) is 31.2 Å². The van der Waals surface area contributed by atoms with E-state index in [1.807, 2.05) is 0 Å². The first-order valence-corrected chi connectivity index (χ1v) is 8.30. The van der Waals surface area contributed by atoms with Gasteiger partial charge in [-0.3, -0.25) is 0 Å². The van der Waals surface area contributed by atoms with Gasteiger partial charge in [0, 0.05) is 24.4 Å². The zero-order valence-corrected chi connectivity index (χ0v) is 13.5. The molecule has 21 heavy (non-hydrogen) atoms. The zero-order chi connectivity index (χ0) is 14.9. The van der Waals surface area contributed by atoms with Crippen molar-refractivity contribution >= 4 is 5.82 Å². The molecule has 0 radical (unpaired) electrons. The molecule has 4 heteroatoms. The molecule has 4 nitrogen and oxygen atoms in total. The van der Waals surface area contributed by atoms with Gasteiger partial charge in [-0.1, -0.05) is 13.8 Å². The summed E-state index contributed by atoms with van der Waals surface area (Å²) in [4.78, 5) is 9.74. The van der Waals surface area contributed by atoms with Crippen LogP contribution >= 0.6 is 0 Å². The molecule has 3 rings (SSSR count). The van der Waals surface area contributed by atoms with Crippen LogP contribution < -0.4 is 5.32 Å². The Morgan fingerprint density at radius 1 is 1.24 bits per heavy atom. The quantitative estimate of drug-likeness (QED) is 0.922. The molecule has 1 saturated carbocycles. The van der Waals surface area contributed by atoms with Crippen molar-refractivity contribution in [3.8, 4) is 0 Å². The van der Waals surface area contributed by atoms with Crippen LogP contribution in [0.5, 0.6) is 0 Å². The Morgan fingerprint density at radius 3 is 2.71 bits per heavy atom. The Balaban J connectivity index is 1.87. The van der Waals surface area contributed by atoms with E-state index in [-0.39, 0.29) is 0 Å². The number of nitrogens with zero attached hydrogens (tertiary/aromatic N) is 2. The van der Waals surface area contributed by atoms with E-state index < -0.39 is 0 Å². The fraction of sp³-hybridized carbons (Fsp3) is 0.765. The van der Waals surface area contributed by atoms with Crippen LogP contribution in [0.25, 0.3) is 0 Å². The van der Waals surface area contributed by atoms with Crippen molar-refractivity contribution in [2.75, 3.05) is 18.5 Å². The highest BCUT2D eigenvalue weighted by molar-refractivity contribution is 5.47. The Kier molecular flexibility index (Phi) is 4.16. The minimum Gasteiger partial charge on any atom is -0.376 e. The molecular formula is C17H27N3O. The Hall–Kier alpha value is -1.16. The maximum absolute atomic E-state index is 5.58. The topological polar surface area (TPSA) is 47.0 Å². The number of ether oxygens (including phenoxy) is 1. The minimum atomic E-state index is 0.489. The third-order valence-corrected chi connectivity index (χ3v) is 4.89. The Bertz CT molecular complexity index is 503. The molecule has 0 saturated heterocycles. The Morgan fingerprint density at radius 2 is 2.00 bits per heavy atom. The van der Waals surface area contributed by atoms with Gasteiger partial charge < -0.3 is 10.1 Å². The Labute approximate surface area is 127 Å². The minimum absolute atomic E-state index is 0.489. The van der Waals surface area contributed by atoms with Gasteiger partial charge in [-0.15, -0.1) is 0 Å². The number of hydrogen-bond acceptors (Lipinski definition) is 4. The van der Waals surface area contributed by atoms with Crippen molar-refractivity contribution in [1.29, 1.82) is 0 Å². The lowest BCUT2D eigenvalue weighted by atomic mass is 9.73. The molecule has 116 valence electrons. The SMILES string of the molecule is CCNc1nc(C2CCC(C)(C)CC2)nc2c1COCC2. The lowest BCUT2D eigenvalue weighted by Crippen LogP contribution is -2.23. The number of fused-ring (bicyclic) bond motifs is 1. The van der Waals surface area contributed by atoms with Gasteiger partial charge in [0.15, 0.2) is 0 Å². The number of hydrogen-bond donors (Lipinski definition) is 1. The average Bonchev–Trinajstić information content (AvgIpc) is 2.47. The van der Waals surface area contributed by atoms with Crippen molar-refractivity contribution in [2.45, 2.75) is 65.4 Å². The van der Waals surface area contributed by atoms with Crippen molar-refractivity contribution in [1.82, 2.24) is 9.97 Å². The van der Waals surface area contributed by atoms with Crippen molar-refractivity contribution in [3.05, 3.63) is 17.1 Å². The van der Waals surface area contributed by atoms with Crippen LogP contribution in [0.1, 0.15) is 69.5 Å². The molecular weight excluding hydrogens is 262 g/mol. The maximum Gasteiger partial charge on any atom is 0.135 e. The second kappa shape index (κ2) is 5.91. The predicted octanol–water partition coefficient (Wildman–Crippen LogP) is 3.66. The van der Waals surface area contributed by atoms with Crippen LogP contribution in [0.4, 0.5) is 5.82 Å². The third kappa shape index (κ3) is 3.20. The van der Waals surface area contributed by atoms with E-state index >= 15 is 0 Å². The molecule has 2 aliphatic rings. The summed E-state index contributed by atoms with van der Waals surface area (Å²) >= 11 is 0. The summed E-state index contributed by atoms with van der Waals surface area (Å²) in [5.74, 6) is 2.59. The van der Waals surface area contributed by atoms with Gasteiger partial charge in [0.05, 0.1) is 18.9 Å². The van der Waals surface area contributed by atoms with Gasteiger partial charge in [-0.25, -0.2) is 9.97 Å². The normalized spacial score (nSPS) is 21.9. The molecule has 1 aromatic heterocycles. The summed E-state index contributed by atoms with van der Waals surface area (Å²) in [6.07, 6.45) is 5.90. The summed E-state index contributed by atoms with van der Waals surface area (Å²) in [6, 6.07) is 0. The number of rotatable bonds is 3. The monoisotopic (exact) mass is 289 g/mol. The van der Waals surface area contributed by atoms with E-state index in [1.54, 1.807) is 0 Å². The highest BCUT2D eigenvalue weighted by atomic mass is 16.5. The van der Waals surface area contributed by atoms with Crippen LogP contribution in [0.15, 0.2) is 0 Å². The lowest BCUT2D eigenvalue weighted by molar-refractivity contribution is 0.109. The maximum atomic E-state index is 5.58. The van der Waals surface area contributed by atoms with Crippen molar-refractivity contribution in [3.63, 3.8) is 0 Å². The van der Waals surface area contributed by atoms with Crippen LogP contribution in [0.3, 0.4) is 0 Å². The molecule has 0 unspecified atom stereocenters. The van der Waals surface area contributed by atoms with Crippen LogP contribution in [-0.2, 0) is 17.8 Å². The smallest absolute Gasteiger partial charge is 0.135 e. The van der Waals surface area contributed by atoms with Crippen LogP contribution in [0.2, 0.25) is 0 Å². The molecule has 0 atom stereocenters. The number of anilines is 1. The molecule has 0 amide bonds.